The predicted octanol–water partition coefficient (Wildman–Crippen LogP) is 5.19. The van der Waals surface area contributed by atoms with E-state index in [1.54, 1.807) is 12.4 Å². The van der Waals surface area contributed by atoms with Gasteiger partial charge in [-0.25, -0.2) is 4.79 Å². The summed E-state index contributed by atoms with van der Waals surface area (Å²) in [5, 5.41) is 7.85. The number of pyridine rings is 1. The lowest BCUT2D eigenvalue weighted by molar-refractivity contribution is 0.252. The maximum Gasteiger partial charge on any atom is 0.319 e. The van der Waals surface area contributed by atoms with Gasteiger partial charge in [-0.3, -0.25) is 4.98 Å². The van der Waals surface area contributed by atoms with Crippen molar-refractivity contribution in [1.82, 2.24) is 10.3 Å². The summed E-state index contributed by atoms with van der Waals surface area (Å²) >= 11 is 0. The number of hydrogen-bond donors (Lipinski definition) is 2. The van der Waals surface area contributed by atoms with Crippen molar-refractivity contribution in [1.29, 1.82) is 0 Å². The number of carbonyl (C=O) groups excluding carboxylic acids is 1. The molecule has 4 heteroatoms. The number of rotatable bonds is 5. The standard InChI is InChI=1S/C23H27N3O/c1-23(2,3)15-18-9-7-17(8-10-18)11-14-25-22(27)26-21-6-4-5-19-16-24-13-12-20(19)21/h4-10,12-13,16H,11,14-15H2,1-3H3,(H2,25,26,27). The van der Waals surface area contributed by atoms with Gasteiger partial charge in [-0.05, 0) is 41.5 Å². The van der Waals surface area contributed by atoms with Crippen LogP contribution in [0.2, 0.25) is 0 Å². The molecule has 0 spiro atoms. The summed E-state index contributed by atoms with van der Waals surface area (Å²) in [6.07, 6.45) is 5.40. The molecule has 2 aromatic carbocycles. The fourth-order valence-electron chi connectivity index (χ4n) is 3.15. The molecule has 0 atom stereocenters. The third-order valence-electron chi connectivity index (χ3n) is 4.39. The molecule has 0 aliphatic heterocycles. The molecule has 1 heterocycles. The zero-order valence-electron chi connectivity index (χ0n) is 16.3. The summed E-state index contributed by atoms with van der Waals surface area (Å²) < 4.78 is 0. The maximum absolute atomic E-state index is 12.2. The smallest absolute Gasteiger partial charge is 0.319 e. The summed E-state index contributed by atoms with van der Waals surface area (Å²) in [5.41, 5.74) is 3.66. The van der Waals surface area contributed by atoms with Crippen LogP contribution in [0.15, 0.2) is 60.9 Å². The Hall–Kier alpha value is -2.88. The van der Waals surface area contributed by atoms with Crippen LogP contribution in [-0.2, 0) is 12.8 Å². The first-order valence-electron chi connectivity index (χ1n) is 9.36. The monoisotopic (exact) mass is 361 g/mol. The largest absolute Gasteiger partial charge is 0.338 e. The van der Waals surface area contributed by atoms with Gasteiger partial charge >= 0.3 is 6.03 Å². The lowest BCUT2D eigenvalue weighted by atomic mass is 9.88. The van der Waals surface area contributed by atoms with E-state index >= 15 is 0 Å². The molecule has 0 aliphatic carbocycles. The maximum atomic E-state index is 12.2. The first-order chi connectivity index (χ1) is 12.9. The number of hydrogen-bond acceptors (Lipinski definition) is 2. The summed E-state index contributed by atoms with van der Waals surface area (Å²) in [6.45, 7) is 7.33. The zero-order chi connectivity index (χ0) is 19.3. The zero-order valence-corrected chi connectivity index (χ0v) is 16.3. The number of nitrogens with zero attached hydrogens (tertiary/aromatic N) is 1. The lowest BCUT2D eigenvalue weighted by Crippen LogP contribution is -2.30. The molecule has 4 nitrogen and oxygen atoms in total. The van der Waals surface area contributed by atoms with Crippen LogP contribution in [0.4, 0.5) is 10.5 Å². The molecule has 0 aliphatic rings. The van der Waals surface area contributed by atoms with E-state index in [1.165, 1.54) is 11.1 Å². The number of fused-ring (bicyclic) bond motifs is 1. The van der Waals surface area contributed by atoms with Crippen LogP contribution in [0.5, 0.6) is 0 Å². The number of anilines is 1. The Kier molecular flexibility index (Phi) is 5.75. The van der Waals surface area contributed by atoms with Gasteiger partial charge in [0.25, 0.3) is 0 Å². The minimum Gasteiger partial charge on any atom is -0.338 e. The molecule has 0 bridgehead atoms. The molecule has 1 aromatic heterocycles. The topological polar surface area (TPSA) is 54.0 Å². The highest BCUT2D eigenvalue weighted by atomic mass is 16.2. The lowest BCUT2D eigenvalue weighted by Gasteiger charge is -2.18. The van der Waals surface area contributed by atoms with Crippen LogP contribution < -0.4 is 10.6 Å². The number of aromatic nitrogens is 1. The van der Waals surface area contributed by atoms with Crippen LogP contribution in [0, 0.1) is 5.41 Å². The van der Waals surface area contributed by atoms with E-state index in [9.17, 15) is 4.79 Å². The summed E-state index contributed by atoms with van der Waals surface area (Å²) in [5.74, 6) is 0. The molecule has 0 saturated carbocycles. The second-order valence-corrected chi connectivity index (χ2v) is 8.09. The second-order valence-electron chi connectivity index (χ2n) is 8.09. The van der Waals surface area contributed by atoms with Crippen LogP contribution >= 0.6 is 0 Å². The fourth-order valence-corrected chi connectivity index (χ4v) is 3.15. The van der Waals surface area contributed by atoms with Crippen molar-refractivity contribution in [3.05, 3.63) is 72.1 Å². The van der Waals surface area contributed by atoms with E-state index in [2.05, 4.69) is 60.7 Å². The van der Waals surface area contributed by atoms with Gasteiger partial charge in [-0.2, -0.15) is 0 Å². The highest BCUT2D eigenvalue weighted by Crippen LogP contribution is 2.22. The molecule has 27 heavy (non-hydrogen) atoms. The van der Waals surface area contributed by atoms with Crippen molar-refractivity contribution in [2.75, 3.05) is 11.9 Å². The van der Waals surface area contributed by atoms with Gasteiger partial charge < -0.3 is 10.6 Å². The molecule has 0 radical (unpaired) electrons. The van der Waals surface area contributed by atoms with Gasteiger partial charge in [-0.1, -0.05) is 57.2 Å². The van der Waals surface area contributed by atoms with Gasteiger partial charge in [-0.15, -0.1) is 0 Å². The Bertz CT molecular complexity index is 906. The number of urea groups is 1. The molecule has 140 valence electrons. The van der Waals surface area contributed by atoms with E-state index in [1.807, 2.05) is 24.3 Å². The highest BCUT2D eigenvalue weighted by molar-refractivity contribution is 6.01. The SMILES string of the molecule is CC(C)(C)Cc1ccc(CCNC(=O)Nc2cccc3cnccc23)cc1. The van der Waals surface area contributed by atoms with Crippen molar-refractivity contribution in [2.24, 2.45) is 5.41 Å². The predicted molar refractivity (Wildman–Crippen MR) is 112 cm³/mol. The van der Waals surface area contributed by atoms with E-state index < -0.39 is 0 Å². The molecule has 3 aromatic rings. The Morgan fingerprint density at radius 1 is 1.00 bits per heavy atom. The van der Waals surface area contributed by atoms with Crippen LogP contribution in [-0.4, -0.2) is 17.6 Å². The molecule has 3 rings (SSSR count). The Morgan fingerprint density at radius 2 is 1.74 bits per heavy atom. The minimum atomic E-state index is -0.191. The summed E-state index contributed by atoms with van der Waals surface area (Å²) in [6, 6.07) is 16.2. The molecule has 0 saturated heterocycles. The summed E-state index contributed by atoms with van der Waals surface area (Å²) in [4.78, 5) is 16.3. The number of benzene rings is 2. The molecule has 2 N–H and O–H groups in total. The van der Waals surface area contributed by atoms with Gasteiger partial charge in [0.2, 0.25) is 0 Å². The second kappa shape index (κ2) is 8.21. The molecule has 0 unspecified atom stereocenters. The van der Waals surface area contributed by atoms with Gasteiger partial charge in [0, 0.05) is 29.7 Å². The minimum absolute atomic E-state index is 0.191. The number of amides is 2. The summed E-state index contributed by atoms with van der Waals surface area (Å²) in [7, 11) is 0. The van der Waals surface area contributed by atoms with Crippen molar-refractivity contribution >= 4 is 22.5 Å². The fraction of sp³-hybridized carbons (Fsp3) is 0.304. The van der Waals surface area contributed by atoms with Crippen molar-refractivity contribution in [3.63, 3.8) is 0 Å². The van der Waals surface area contributed by atoms with E-state index in [-0.39, 0.29) is 6.03 Å². The average molecular weight is 361 g/mol. The van der Waals surface area contributed by atoms with E-state index in [0.717, 1.165) is 29.3 Å². The average Bonchev–Trinajstić information content (AvgIpc) is 2.62. The van der Waals surface area contributed by atoms with Gasteiger partial charge in [0.1, 0.15) is 0 Å². The molecular formula is C23H27N3O. The first-order valence-corrected chi connectivity index (χ1v) is 9.36. The number of nitrogens with one attached hydrogen (secondary N) is 2. The molecule has 2 amide bonds. The van der Waals surface area contributed by atoms with Crippen LogP contribution in [0.1, 0.15) is 31.9 Å². The quantitative estimate of drug-likeness (QED) is 0.657. The van der Waals surface area contributed by atoms with Crippen molar-refractivity contribution in [2.45, 2.75) is 33.6 Å². The number of carbonyl (C=O) groups is 1. The van der Waals surface area contributed by atoms with Crippen molar-refractivity contribution in [3.8, 4) is 0 Å². The van der Waals surface area contributed by atoms with Crippen LogP contribution in [0.25, 0.3) is 10.8 Å². The van der Waals surface area contributed by atoms with E-state index in [4.69, 9.17) is 0 Å². The van der Waals surface area contributed by atoms with Crippen LogP contribution in [0.3, 0.4) is 0 Å². The first kappa shape index (κ1) is 18.9. The van der Waals surface area contributed by atoms with E-state index in [0.29, 0.717) is 12.0 Å². The van der Waals surface area contributed by atoms with Gasteiger partial charge in [0.15, 0.2) is 0 Å². The Labute approximate surface area is 161 Å². The normalized spacial score (nSPS) is 11.4. The van der Waals surface area contributed by atoms with Gasteiger partial charge in [0.05, 0.1) is 5.69 Å². The molecule has 0 fully saturated rings. The van der Waals surface area contributed by atoms with Crippen molar-refractivity contribution < 1.29 is 4.79 Å². The molecular weight excluding hydrogens is 334 g/mol. The third-order valence-corrected chi connectivity index (χ3v) is 4.39. The Morgan fingerprint density at radius 3 is 2.48 bits per heavy atom. The Balaban J connectivity index is 1.51. The highest BCUT2D eigenvalue weighted by Gasteiger charge is 2.11. The third kappa shape index (κ3) is 5.55.